The Hall–Kier alpha value is -1.66. The smallest absolute Gasteiger partial charge is 0.411 e. The fourth-order valence-electron chi connectivity index (χ4n) is 1.34. The van der Waals surface area contributed by atoms with Gasteiger partial charge in [-0.3, -0.25) is 5.32 Å². The third kappa shape index (κ3) is 7.38. The maximum Gasteiger partial charge on any atom is 0.411 e. The van der Waals surface area contributed by atoms with Crippen molar-refractivity contribution in [1.82, 2.24) is 5.32 Å². The Kier molecular flexibility index (Phi) is 6.77. The van der Waals surface area contributed by atoms with Crippen molar-refractivity contribution in [3.8, 4) is 0 Å². The van der Waals surface area contributed by atoms with Crippen molar-refractivity contribution < 1.29 is 19.1 Å². The summed E-state index contributed by atoms with van der Waals surface area (Å²) in [6.07, 6.45) is -1.23. The number of benzene rings is 1. The average molecular weight is 349 g/mol. The summed E-state index contributed by atoms with van der Waals surface area (Å²) in [5, 5.41) is 5.67. The summed E-state index contributed by atoms with van der Waals surface area (Å²) < 4.78 is 9.93. The molecular weight excluding hydrogens is 331 g/mol. The van der Waals surface area contributed by atoms with Crippen LogP contribution in [-0.2, 0) is 9.47 Å². The number of amides is 2. The first-order valence-electron chi connectivity index (χ1n) is 6.53. The maximum absolute atomic E-state index is 11.5. The molecular formula is C14H18Cl2N2O4. The average Bonchev–Trinajstić information content (AvgIpc) is 2.37. The first-order chi connectivity index (χ1) is 10.2. The molecule has 1 rings (SSSR count). The number of halogens is 2. The second kappa shape index (κ2) is 8.10. The minimum atomic E-state index is -0.663. The molecule has 22 heavy (non-hydrogen) atoms. The minimum Gasteiger partial charge on any atom is -0.447 e. The van der Waals surface area contributed by atoms with Crippen LogP contribution in [0.2, 0.25) is 10.0 Å². The lowest BCUT2D eigenvalue weighted by molar-refractivity contribution is 0.0514. The maximum atomic E-state index is 11.5. The van der Waals surface area contributed by atoms with Crippen LogP contribution in [0.25, 0.3) is 0 Å². The van der Waals surface area contributed by atoms with Crippen LogP contribution in [0.3, 0.4) is 0 Å². The number of hydrogen-bond donors (Lipinski definition) is 2. The third-order valence-corrected chi connectivity index (χ3v) is 2.91. The van der Waals surface area contributed by atoms with Crippen LogP contribution in [0.1, 0.15) is 20.8 Å². The molecule has 0 saturated carbocycles. The molecule has 0 fully saturated rings. The van der Waals surface area contributed by atoms with Gasteiger partial charge in [-0.15, -0.1) is 0 Å². The lowest BCUT2D eigenvalue weighted by Crippen LogP contribution is -2.34. The Morgan fingerprint density at radius 3 is 2.41 bits per heavy atom. The van der Waals surface area contributed by atoms with Crippen molar-refractivity contribution in [3.05, 3.63) is 28.2 Å². The summed E-state index contributed by atoms with van der Waals surface area (Å²) in [7, 11) is 0. The highest BCUT2D eigenvalue weighted by molar-refractivity contribution is 6.42. The fraction of sp³-hybridized carbons (Fsp3) is 0.429. The summed E-state index contributed by atoms with van der Waals surface area (Å²) in [5.74, 6) is 0. The SMILES string of the molecule is CC(C)(C)OC(=O)NCCOC(=O)Nc1ccc(Cl)c(Cl)c1. The van der Waals surface area contributed by atoms with E-state index in [1.807, 2.05) is 0 Å². The van der Waals surface area contributed by atoms with Gasteiger partial charge in [-0.05, 0) is 39.0 Å². The molecule has 0 saturated heterocycles. The standard InChI is InChI=1S/C14H18Cl2N2O4/c1-14(2,3)22-12(19)17-6-7-21-13(20)18-9-4-5-10(15)11(16)8-9/h4-5,8H,6-7H2,1-3H3,(H,17,19)(H,18,20). The van der Waals surface area contributed by atoms with E-state index in [-0.39, 0.29) is 13.2 Å². The number of ether oxygens (including phenoxy) is 2. The van der Waals surface area contributed by atoms with Crippen molar-refractivity contribution in [2.75, 3.05) is 18.5 Å². The van der Waals surface area contributed by atoms with Crippen LogP contribution in [0.5, 0.6) is 0 Å². The predicted octanol–water partition coefficient (Wildman–Crippen LogP) is 4.07. The lowest BCUT2D eigenvalue weighted by Gasteiger charge is -2.19. The number of alkyl carbamates (subject to hydrolysis) is 1. The zero-order valence-corrected chi connectivity index (χ0v) is 14.0. The normalized spacial score (nSPS) is 10.8. The summed E-state index contributed by atoms with van der Waals surface area (Å²) in [6, 6.07) is 4.65. The molecule has 0 radical (unpaired) electrons. The fourth-order valence-corrected chi connectivity index (χ4v) is 1.64. The van der Waals surface area contributed by atoms with Gasteiger partial charge < -0.3 is 14.8 Å². The van der Waals surface area contributed by atoms with Gasteiger partial charge in [0.2, 0.25) is 0 Å². The molecule has 0 aliphatic rings. The molecule has 2 amide bonds. The van der Waals surface area contributed by atoms with E-state index in [9.17, 15) is 9.59 Å². The number of rotatable bonds is 4. The Bertz CT molecular complexity index is 544. The van der Waals surface area contributed by atoms with E-state index in [1.54, 1.807) is 32.9 Å². The number of hydrogen-bond acceptors (Lipinski definition) is 4. The third-order valence-electron chi connectivity index (χ3n) is 2.17. The first-order valence-corrected chi connectivity index (χ1v) is 7.28. The van der Waals surface area contributed by atoms with E-state index in [4.69, 9.17) is 32.7 Å². The van der Waals surface area contributed by atoms with Crippen LogP contribution in [0.4, 0.5) is 15.3 Å². The van der Waals surface area contributed by atoms with Crippen LogP contribution in [0, 0.1) is 0 Å². The second-order valence-electron chi connectivity index (χ2n) is 5.32. The summed E-state index contributed by atoms with van der Waals surface area (Å²) in [5.41, 5.74) is -0.115. The first kappa shape index (κ1) is 18.4. The van der Waals surface area contributed by atoms with Gasteiger partial charge in [-0.1, -0.05) is 23.2 Å². The zero-order valence-electron chi connectivity index (χ0n) is 12.5. The number of anilines is 1. The molecule has 0 spiro atoms. The van der Waals surface area contributed by atoms with Crippen molar-refractivity contribution in [1.29, 1.82) is 0 Å². The summed E-state index contributed by atoms with van der Waals surface area (Å²) in [4.78, 5) is 22.9. The monoisotopic (exact) mass is 348 g/mol. The van der Waals surface area contributed by atoms with Gasteiger partial charge in [0.25, 0.3) is 0 Å². The van der Waals surface area contributed by atoms with E-state index in [1.165, 1.54) is 6.07 Å². The molecule has 0 bridgehead atoms. The molecule has 0 aliphatic carbocycles. The summed E-state index contributed by atoms with van der Waals surface area (Å²) in [6.45, 7) is 5.42. The molecule has 1 aromatic rings. The van der Waals surface area contributed by atoms with Crippen LogP contribution in [-0.4, -0.2) is 30.9 Å². The van der Waals surface area contributed by atoms with Gasteiger partial charge in [0.05, 0.1) is 16.6 Å². The van der Waals surface area contributed by atoms with Crippen LogP contribution < -0.4 is 10.6 Å². The zero-order chi connectivity index (χ0) is 16.8. The van der Waals surface area contributed by atoms with Crippen molar-refractivity contribution in [3.63, 3.8) is 0 Å². The number of carbonyl (C=O) groups excluding carboxylic acids is 2. The van der Waals surface area contributed by atoms with Gasteiger partial charge in [0.1, 0.15) is 12.2 Å². The number of nitrogens with one attached hydrogen (secondary N) is 2. The Morgan fingerprint density at radius 1 is 1.14 bits per heavy atom. The molecule has 2 N–H and O–H groups in total. The lowest BCUT2D eigenvalue weighted by atomic mass is 10.2. The van der Waals surface area contributed by atoms with Gasteiger partial charge in [-0.2, -0.15) is 0 Å². The van der Waals surface area contributed by atoms with E-state index in [0.29, 0.717) is 15.7 Å². The molecule has 6 nitrogen and oxygen atoms in total. The van der Waals surface area contributed by atoms with E-state index >= 15 is 0 Å². The summed E-state index contributed by atoms with van der Waals surface area (Å²) >= 11 is 11.6. The topological polar surface area (TPSA) is 76.7 Å². The van der Waals surface area contributed by atoms with E-state index in [2.05, 4.69) is 10.6 Å². The van der Waals surface area contributed by atoms with Crippen molar-refractivity contribution >= 4 is 41.1 Å². The highest BCUT2D eigenvalue weighted by atomic mass is 35.5. The van der Waals surface area contributed by atoms with E-state index < -0.39 is 17.8 Å². The molecule has 0 unspecified atom stereocenters. The van der Waals surface area contributed by atoms with Gasteiger partial charge in [0.15, 0.2) is 0 Å². The highest BCUT2D eigenvalue weighted by Gasteiger charge is 2.15. The molecule has 0 aliphatic heterocycles. The van der Waals surface area contributed by atoms with Gasteiger partial charge in [0, 0.05) is 5.69 Å². The Labute approximate surface area is 139 Å². The predicted molar refractivity (Wildman–Crippen MR) is 85.7 cm³/mol. The Morgan fingerprint density at radius 2 is 1.82 bits per heavy atom. The minimum absolute atomic E-state index is 0.00635. The van der Waals surface area contributed by atoms with Crippen molar-refractivity contribution in [2.45, 2.75) is 26.4 Å². The molecule has 1 aromatic carbocycles. The second-order valence-corrected chi connectivity index (χ2v) is 6.13. The van der Waals surface area contributed by atoms with Crippen LogP contribution >= 0.6 is 23.2 Å². The number of carbonyl (C=O) groups is 2. The Balaban J connectivity index is 2.26. The van der Waals surface area contributed by atoms with E-state index in [0.717, 1.165) is 0 Å². The van der Waals surface area contributed by atoms with Crippen LogP contribution in [0.15, 0.2) is 18.2 Å². The van der Waals surface area contributed by atoms with Gasteiger partial charge in [-0.25, -0.2) is 9.59 Å². The molecule has 0 aromatic heterocycles. The van der Waals surface area contributed by atoms with Crippen molar-refractivity contribution in [2.24, 2.45) is 0 Å². The molecule has 0 atom stereocenters. The van der Waals surface area contributed by atoms with Gasteiger partial charge >= 0.3 is 12.2 Å². The molecule has 122 valence electrons. The highest BCUT2D eigenvalue weighted by Crippen LogP contribution is 2.24. The molecule has 0 heterocycles. The largest absolute Gasteiger partial charge is 0.447 e. The molecule has 8 heteroatoms. The quantitative estimate of drug-likeness (QED) is 0.804.